The van der Waals surface area contributed by atoms with Gasteiger partial charge in [-0.2, -0.15) is 0 Å². The molecule has 0 amide bonds. The van der Waals surface area contributed by atoms with Crippen LogP contribution in [0.15, 0.2) is 53.9 Å². The third kappa shape index (κ3) is 3.37. The summed E-state index contributed by atoms with van der Waals surface area (Å²) in [4.78, 5) is 6.51. The third-order valence-corrected chi connectivity index (χ3v) is 4.07. The fraction of sp³-hybridized carbons (Fsp3) is 0.0625. The first-order valence-corrected chi connectivity index (χ1v) is 7.26. The maximum Gasteiger partial charge on any atom is 0.190 e. The molecule has 114 valence electrons. The summed E-state index contributed by atoms with van der Waals surface area (Å²) in [5.41, 5.74) is 2.64. The molecule has 1 heterocycles. The van der Waals surface area contributed by atoms with Crippen LogP contribution in [-0.2, 0) is 0 Å². The van der Waals surface area contributed by atoms with Gasteiger partial charge in [-0.05, 0) is 48.5 Å². The molecule has 0 fully saturated rings. The number of benzene rings is 2. The van der Waals surface area contributed by atoms with Crippen LogP contribution in [0.2, 0.25) is 0 Å². The molecule has 0 atom stereocenters. The minimum absolute atomic E-state index is 0. The summed E-state index contributed by atoms with van der Waals surface area (Å²) in [7, 11) is 1.92. The number of hydrogen-bond donors (Lipinski definition) is 1. The highest BCUT2D eigenvalue weighted by Gasteiger charge is 2.10. The molecule has 0 radical (unpaired) electrons. The van der Waals surface area contributed by atoms with Crippen LogP contribution in [-0.4, -0.2) is 17.1 Å². The summed E-state index contributed by atoms with van der Waals surface area (Å²) < 4.78 is 12.9. The van der Waals surface area contributed by atoms with Crippen LogP contribution < -0.4 is 4.90 Å². The van der Waals surface area contributed by atoms with E-state index in [1.165, 1.54) is 23.5 Å². The number of hydrogen-bond acceptors (Lipinski definition) is 4. The van der Waals surface area contributed by atoms with Crippen molar-refractivity contribution in [3.8, 4) is 17.0 Å². The standard InChI is InChI=1S/C16H13FN2OS.ClH/c1-19(13-6-8-14(20)9-7-13)16-18-15(10-21-16)11-2-4-12(17)5-3-11;/h2-10,20H,1H3;1H. The normalized spacial score (nSPS) is 10.1. The molecule has 2 aromatic carbocycles. The van der Waals surface area contributed by atoms with Gasteiger partial charge in [0, 0.05) is 23.7 Å². The lowest BCUT2D eigenvalue weighted by Crippen LogP contribution is -2.08. The quantitative estimate of drug-likeness (QED) is 0.743. The first-order valence-electron chi connectivity index (χ1n) is 6.38. The summed E-state index contributed by atoms with van der Waals surface area (Å²) in [5.74, 6) is -0.0197. The zero-order valence-corrected chi connectivity index (χ0v) is 13.4. The molecule has 0 spiro atoms. The smallest absolute Gasteiger partial charge is 0.190 e. The van der Waals surface area contributed by atoms with E-state index in [0.717, 1.165) is 22.1 Å². The summed E-state index contributed by atoms with van der Waals surface area (Å²) in [6, 6.07) is 13.2. The molecule has 0 saturated heterocycles. The van der Waals surface area contributed by atoms with E-state index in [-0.39, 0.29) is 24.0 Å². The largest absolute Gasteiger partial charge is 0.508 e. The van der Waals surface area contributed by atoms with Gasteiger partial charge in [0.2, 0.25) is 0 Å². The van der Waals surface area contributed by atoms with Gasteiger partial charge in [0.05, 0.1) is 5.69 Å². The SMILES string of the molecule is CN(c1ccc(O)cc1)c1nc(-c2ccc(F)cc2)cs1.Cl. The van der Waals surface area contributed by atoms with Gasteiger partial charge in [0.1, 0.15) is 11.6 Å². The van der Waals surface area contributed by atoms with Gasteiger partial charge in [-0.1, -0.05) is 0 Å². The van der Waals surface area contributed by atoms with Gasteiger partial charge in [-0.3, -0.25) is 0 Å². The summed E-state index contributed by atoms with van der Waals surface area (Å²) >= 11 is 1.51. The monoisotopic (exact) mass is 336 g/mol. The molecule has 0 aliphatic carbocycles. The molecule has 22 heavy (non-hydrogen) atoms. The first kappa shape index (κ1) is 16.3. The van der Waals surface area contributed by atoms with Gasteiger partial charge in [-0.25, -0.2) is 9.37 Å². The summed E-state index contributed by atoms with van der Waals surface area (Å²) in [6.45, 7) is 0. The van der Waals surface area contributed by atoms with Crippen molar-refractivity contribution in [2.75, 3.05) is 11.9 Å². The second-order valence-corrected chi connectivity index (χ2v) is 5.43. The lowest BCUT2D eigenvalue weighted by molar-refractivity contribution is 0.475. The van der Waals surface area contributed by atoms with Crippen LogP contribution in [0.1, 0.15) is 0 Å². The molecule has 1 N–H and O–H groups in total. The lowest BCUT2D eigenvalue weighted by Gasteiger charge is -2.15. The van der Waals surface area contributed by atoms with E-state index in [1.807, 2.05) is 29.5 Å². The number of anilines is 2. The van der Waals surface area contributed by atoms with Crippen molar-refractivity contribution in [2.24, 2.45) is 0 Å². The highest BCUT2D eigenvalue weighted by atomic mass is 35.5. The number of nitrogens with zero attached hydrogens (tertiary/aromatic N) is 2. The van der Waals surface area contributed by atoms with Crippen LogP contribution in [0.4, 0.5) is 15.2 Å². The van der Waals surface area contributed by atoms with E-state index in [9.17, 15) is 9.50 Å². The second kappa shape index (κ2) is 6.77. The minimum Gasteiger partial charge on any atom is -0.508 e. The minimum atomic E-state index is -0.254. The Morgan fingerprint density at radius 2 is 1.68 bits per heavy atom. The van der Waals surface area contributed by atoms with Crippen LogP contribution in [0.5, 0.6) is 5.75 Å². The maximum absolute atomic E-state index is 12.9. The maximum atomic E-state index is 12.9. The fourth-order valence-electron chi connectivity index (χ4n) is 1.96. The molecule has 1 aromatic heterocycles. The van der Waals surface area contributed by atoms with Gasteiger partial charge < -0.3 is 10.0 Å². The van der Waals surface area contributed by atoms with E-state index < -0.39 is 0 Å². The van der Waals surface area contributed by atoms with Gasteiger partial charge in [-0.15, -0.1) is 23.7 Å². The Kier molecular flexibility index (Phi) is 5.00. The van der Waals surface area contributed by atoms with Crippen LogP contribution in [0.25, 0.3) is 11.3 Å². The van der Waals surface area contributed by atoms with Gasteiger partial charge in [0.15, 0.2) is 5.13 Å². The summed E-state index contributed by atoms with van der Waals surface area (Å²) in [5, 5.41) is 12.1. The molecule has 0 aliphatic rings. The fourth-order valence-corrected chi connectivity index (χ4v) is 2.78. The zero-order valence-electron chi connectivity index (χ0n) is 11.7. The molecular weight excluding hydrogens is 323 g/mol. The molecule has 0 bridgehead atoms. The van der Waals surface area contributed by atoms with E-state index in [0.29, 0.717) is 0 Å². The highest BCUT2D eigenvalue weighted by Crippen LogP contribution is 2.31. The Hall–Kier alpha value is -2.11. The Labute approximate surface area is 138 Å². The topological polar surface area (TPSA) is 36.4 Å². The molecule has 6 heteroatoms. The number of phenolic OH excluding ortho intramolecular Hbond substituents is 1. The van der Waals surface area contributed by atoms with E-state index >= 15 is 0 Å². The Morgan fingerprint density at radius 1 is 1.05 bits per heavy atom. The highest BCUT2D eigenvalue weighted by molar-refractivity contribution is 7.14. The van der Waals surface area contributed by atoms with Gasteiger partial charge in [0.25, 0.3) is 0 Å². The summed E-state index contributed by atoms with van der Waals surface area (Å²) in [6.07, 6.45) is 0. The first-order chi connectivity index (χ1) is 10.1. The van der Waals surface area contributed by atoms with E-state index in [4.69, 9.17) is 0 Å². The molecule has 3 rings (SSSR count). The number of thiazole rings is 1. The predicted octanol–water partition coefficient (Wildman–Crippen LogP) is 4.84. The zero-order chi connectivity index (χ0) is 14.8. The number of rotatable bonds is 3. The molecule has 3 nitrogen and oxygen atoms in total. The van der Waals surface area contributed by atoms with Gasteiger partial charge >= 0.3 is 0 Å². The average Bonchev–Trinajstić information content (AvgIpc) is 2.98. The van der Waals surface area contributed by atoms with Crippen LogP contribution >= 0.6 is 23.7 Å². The number of aromatic hydroxyl groups is 1. The van der Waals surface area contributed by atoms with Crippen molar-refractivity contribution in [2.45, 2.75) is 0 Å². The molecule has 0 saturated carbocycles. The Morgan fingerprint density at radius 3 is 2.32 bits per heavy atom. The second-order valence-electron chi connectivity index (χ2n) is 4.60. The molecule has 0 aliphatic heterocycles. The van der Waals surface area contributed by atoms with Crippen molar-refractivity contribution in [3.63, 3.8) is 0 Å². The van der Waals surface area contributed by atoms with E-state index in [1.54, 1.807) is 24.3 Å². The predicted molar refractivity (Wildman–Crippen MR) is 90.9 cm³/mol. The van der Waals surface area contributed by atoms with E-state index in [2.05, 4.69) is 4.98 Å². The van der Waals surface area contributed by atoms with Crippen molar-refractivity contribution >= 4 is 34.6 Å². The van der Waals surface area contributed by atoms with Crippen molar-refractivity contribution < 1.29 is 9.50 Å². The number of phenols is 1. The Balaban J connectivity index is 0.00000176. The Bertz CT molecular complexity index is 744. The molecular formula is C16H14ClFN2OS. The third-order valence-electron chi connectivity index (χ3n) is 3.16. The average molecular weight is 337 g/mol. The number of halogens is 2. The van der Waals surface area contributed by atoms with Crippen LogP contribution in [0, 0.1) is 5.82 Å². The lowest BCUT2D eigenvalue weighted by atomic mass is 10.2. The van der Waals surface area contributed by atoms with Crippen LogP contribution in [0.3, 0.4) is 0 Å². The van der Waals surface area contributed by atoms with Crippen molar-refractivity contribution in [3.05, 3.63) is 59.7 Å². The molecule has 3 aromatic rings. The van der Waals surface area contributed by atoms with Crippen molar-refractivity contribution in [1.82, 2.24) is 4.98 Å². The number of aromatic nitrogens is 1. The van der Waals surface area contributed by atoms with Crippen molar-refractivity contribution in [1.29, 1.82) is 0 Å². The molecule has 0 unspecified atom stereocenters.